The molecule has 1 aromatic heterocycles. The maximum atomic E-state index is 15.1. The van der Waals surface area contributed by atoms with E-state index in [9.17, 15) is 4.79 Å². The van der Waals surface area contributed by atoms with Crippen molar-refractivity contribution in [3.05, 3.63) is 120 Å². The van der Waals surface area contributed by atoms with Crippen LogP contribution < -0.4 is 10.6 Å². The smallest absolute Gasteiger partial charge is 0.256 e. The van der Waals surface area contributed by atoms with Gasteiger partial charge in [-0.1, -0.05) is 84.4 Å². The molecular formula is C26H23ClNO3P. The van der Waals surface area contributed by atoms with Gasteiger partial charge in [0, 0.05) is 17.2 Å². The Morgan fingerprint density at radius 3 is 1.94 bits per heavy atom. The molecular weight excluding hydrogens is 441 g/mol. The molecule has 0 saturated carbocycles. The molecule has 1 heterocycles. The average Bonchev–Trinajstić information content (AvgIpc) is 3.37. The van der Waals surface area contributed by atoms with E-state index in [1.165, 1.54) is 6.26 Å². The number of carbonyl (C=O) groups excluding carboxylic acids is 1. The predicted octanol–water partition coefficient (Wildman–Crippen LogP) is 6.11. The van der Waals surface area contributed by atoms with E-state index in [-0.39, 0.29) is 5.91 Å². The lowest BCUT2D eigenvalue weighted by Crippen LogP contribution is -2.38. The fraction of sp³-hybridized carbons (Fsp3) is 0.115. The fourth-order valence-electron chi connectivity index (χ4n) is 3.91. The summed E-state index contributed by atoms with van der Waals surface area (Å²) in [6, 6.07) is 29.0. The minimum Gasteiger partial charge on any atom is -0.467 e. The van der Waals surface area contributed by atoms with Crippen LogP contribution in [-0.2, 0) is 4.57 Å². The molecule has 4 aromatic rings. The topological polar surface area (TPSA) is 50.5 Å². The van der Waals surface area contributed by atoms with E-state index in [2.05, 4.69) is 0 Å². The number of hydrogen-bond acceptors (Lipinski definition) is 3. The van der Waals surface area contributed by atoms with Crippen LogP contribution in [0.2, 0.25) is 5.02 Å². The summed E-state index contributed by atoms with van der Waals surface area (Å²) < 4.78 is 20.9. The van der Waals surface area contributed by atoms with Crippen molar-refractivity contribution in [3.63, 3.8) is 0 Å². The lowest BCUT2D eigenvalue weighted by atomic mass is 10.2. The molecule has 4 rings (SSSR count). The Kier molecular flexibility index (Phi) is 6.64. The first kappa shape index (κ1) is 22.1. The van der Waals surface area contributed by atoms with Crippen molar-refractivity contribution in [1.82, 2.24) is 4.90 Å². The van der Waals surface area contributed by atoms with Crippen molar-refractivity contribution in [2.24, 2.45) is 0 Å². The predicted molar refractivity (Wildman–Crippen MR) is 129 cm³/mol. The molecule has 0 bridgehead atoms. The van der Waals surface area contributed by atoms with Crippen molar-refractivity contribution < 1.29 is 13.8 Å². The van der Waals surface area contributed by atoms with Gasteiger partial charge in [-0.25, -0.2) is 0 Å². The molecule has 0 N–H and O–H groups in total. The van der Waals surface area contributed by atoms with Crippen molar-refractivity contribution in [1.29, 1.82) is 0 Å². The normalized spacial score (nSPS) is 12.3. The van der Waals surface area contributed by atoms with Gasteiger partial charge >= 0.3 is 0 Å². The van der Waals surface area contributed by atoms with Crippen molar-refractivity contribution >= 4 is 35.3 Å². The summed E-state index contributed by atoms with van der Waals surface area (Å²) in [6.07, 6.45) is 1.54. The minimum atomic E-state index is -3.42. The molecule has 1 amide bonds. The summed E-state index contributed by atoms with van der Waals surface area (Å²) in [5.41, 5.74) is 0.361. The van der Waals surface area contributed by atoms with E-state index in [4.69, 9.17) is 16.0 Å². The van der Waals surface area contributed by atoms with Crippen molar-refractivity contribution in [2.45, 2.75) is 12.7 Å². The number of furan rings is 1. The molecule has 0 aliphatic carbocycles. The van der Waals surface area contributed by atoms with E-state index < -0.39 is 12.9 Å². The molecule has 32 heavy (non-hydrogen) atoms. The quantitative estimate of drug-likeness (QED) is 0.311. The van der Waals surface area contributed by atoms with Crippen LogP contribution in [0.15, 0.2) is 108 Å². The fourth-order valence-corrected chi connectivity index (χ4v) is 7.39. The van der Waals surface area contributed by atoms with Gasteiger partial charge in [0.15, 0.2) is 12.9 Å². The molecule has 0 spiro atoms. The molecule has 0 aliphatic heterocycles. The maximum Gasteiger partial charge on any atom is 0.256 e. The number of halogens is 1. The second-order valence-corrected chi connectivity index (χ2v) is 10.5. The van der Waals surface area contributed by atoms with Crippen LogP contribution >= 0.6 is 18.7 Å². The molecule has 0 radical (unpaired) electrons. The second-order valence-electron chi connectivity index (χ2n) is 7.29. The highest BCUT2D eigenvalue weighted by Crippen LogP contribution is 2.59. The second kappa shape index (κ2) is 9.60. The SMILES string of the molecule is CCN(C(=O)c1ccccc1Cl)[C@@H](c1ccco1)P(=O)(c1ccccc1)c1ccccc1. The number of nitrogens with zero attached hydrogens (tertiary/aromatic N) is 1. The van der Waals surface area contributed by atoms with Crippen molar-refractivity contribution in [3.8, 4) is 0 Å². The monoisotopic (exact) mass is 463 g/mol. The third-order valence-electron chi connectivity index (χ3n) is 5.42. The van der Waals surface area contributed by atoms with Crippen LogP contribution in [0.5, 0.6) is 0 Å². The van der Waals surface area contributed by atoms with E-state index in [0.29, 0.717) is 33.5 Å². The lowest BCUT2D eigenvalue weighted by Gasteiger charge is -2.36. The van der Waals surface area contributed by atoms with Gasteiger partial charge in [0.2, 0.25) is 0 Å². The Bertz CT molecular complexity index is 1180. The standard InChI is InChI=1S/C26H23ClNO3P/c1-2-28(25(29)22-16-9-10-17-23(22)27)26(24-18-11-19-31-24)32(30,20-12-5-3-6-13-20)21-14-7-4-8-15-21/h3-19,26H,2H2,1H3/t26-/m1/s1. The van der Waals surface area contributed by atoms with E-state index in [0.717, 1.165) is 0 Å². The van der Waals surface area contributed by atoms with Gasteiger partial charge in [0.1, 0.15) is 5.76 Å². The Morgan fingerprint density at radius 1 is 0.875 bits per heavy atom. The maximum absolute atomic E-state index is 15.1. The molecule has 0 saturated heterocycles. The first-order valence-electron chi connectivity index (χ1n) is 10.4. The summed E-state index contributed by atoms with van der Waals surface area (Å²) >= 11 is 6.36. The summed E-state index contributed by atoms with van der Waals surface area (Å²) in [5, 5.41) is 1.65. The third-order valence-corrected chi connectivity index (χ3v) is 9.10. The van der Waals surface area contributed by atoms with E-state index in [1.54, 1.807) is 41.3 Å². The zero-order valence-corrected chi connectivity index (χ0v) is 19.2. The summed E-state index contributed by atoms with van der Waals surface area (Å²) in [7, 11) is -3.42. The Labute approximate surface area is 192 Å². The van der Waals surface area contributed by atoms with Gasteiger partial charge in [-0.3, -0.25) is 4.79 Å². The first-order valence-corrected chi connectivity index (χ1v) is 12.5. The summed E-state index contributed by atoms with van der Waals surface area (Å²) in [4.78, 5) is 15.3. The number of carbonyl (C=O) groups is 1. The Balaban J connectivity index is 1.96. The molecule has 3 aromatic carbocycles. The number of rotatable bonds is 7. The molecule has 0 aliphatic rings. The van der Waals surface area contributed by atoms with Crippen LogP contribution in [0.25, 0.3) is 0 Å². The lowest BCUT2D eigenvalue weighted by molar-refractivity contribution is 0.0728. The molecule has 162 valence electrons. The Hall–Kier alpha value is -3.07. The highest BCUT2D eigenvalue weighted by atomic mass is 35.5. The summed E-state index contributed by atoms with van der Waals surface area (Å²) in [6.45, 7) is 2.18. The third kappa shape index (κ3) is 4.04. The molecule has 0 unspecified atom stereocenters. The largest absolute Gasteiger partial charge is 0.467 e. The van der Waals surface area contributed by atoms with Gasteiger partial charge in [0.05, 0.1) is 16.8 Å². The highest BCUT2D eigenvalue weighted by molar-refractivity contribution is 7.79. The van der Waals surface area contributed by atoms with Crippen LogP contribution in [0.1, 0.15) is 28.8 Å². The van der Waals surface area contributed by atoms with Gasteiger partial charge in [-0.2, -0.15) is 0 Å². The Morgan fingerprint density at radius 2 is 1.44 bits per heavy atom. The van der Waals surface area contributed by atoms with Crippen molar-refractivity contribution in [2.75, 3.05) is 6.54 Å². The van der Waals surface area contributed by atoms with Crippen LogP contribution in [0.3, 0.4) is 0 Å². The van der Waals surface area contributed by atoms with Gasteiger partial charge in [-0.05, 0) is 31.2 Å². The zero-order valence-electron chi connectivity index (χ0n) is 17.6. The number of hydrogen-bond donors (Lipinski definition) is 0. The van der Waals surface area contributed by atoms with Gasteiger partial charge < -0.3 is 13.9 Å². The molecule has 0 fully saturated rings. The highest BCUT2D eigenvalue weighted by Gasteiger charge is 2.44. The molecule has 1 atom stereocenters. The first-order chi connectivity index (χ1) is 15.6. The van der Waals surface area contributed by atoms with E-state index >= 15 is 4.57 Å². The van der Waals surface area contributed by atoms with Gasteiger partial charge in [0.25, 0.3) is 5.91 Å². The number of amides is 1. The van der Waals surface area contributed by atoms with Crippen LogP contribution in [0.4, 0.5) is 0 Å². The summed E-state index contributed by atoms with van der Waals surface area (Å²) in [5.74, 6) is -0.675. The zero-order chi connectivity index (χ0) is 22.6. The minimum absolute atomic E-state index is 0.299. The number of benzene rings is 3. The van der Waals surface area contributed by atoms with Gasteiger partial charge in [-0.15, -0.1) is 0 Å². The molecule has 4 nitrogen and oxygen atoms in total. The average molecular weight is 464 g/mol. The van der Waals surface area contributed by atoms with Crippen LogP contribution in [0, 0.1) is 0 Å². The van der Waals surface area contributed by atoms with Crippen LogP contribution in [-0.4, -0.2) is 17.4 Å². The van der Waals surface area contributed by atoms with E-state index in [1.807, 2.05) is 67.6 Å². The molecule has 6 heteroatoms.